The van der Waals surface area contributed by atoms with E-state index in [-0.39, 0.29) is 29.2 Å². The lowest BCUT2D eigenvalue weighted by atomic mass is 9.96. The van der Waals surface area contributed by atoms with E-state index < -0.39 is 11.3 Å². The number of hydrogen-bond donors (Lipinski definition) is 2. The van der Waals surface area contributed by atoms with E-state index >= 15 is 0 Å². The predicted octanol–water partition coefficient (Wildman–Crippen LogP) is 2.70. The highest BCUT2D eigenvalue weighted by atomic mass is 16.5. The Bertz CT molecular complexity index is 879. The van der Waals surface area contributed by atoms with Gasteiger partial charge in [0.05, 0.1) is 6.10 Å². The Morgan fingerprint density at radius 1 is 0.882 bits per heavy atom. The molecule has 188 valence electrons. The van der Waals surface area contributed by atoms with Crippen molar-refractivity contribution in [2.24, 2.45) is 0 Å². The molecule has 1 saturated carbocycles. The Hall–Kier alpha value is -2.19. The molecular weight excluding hydrogens is 432 g/mol. The first-order valence-corrected chi connectivity index (χ1v) is 13.3. The van der Waals surface area contributed by atoms with Crippen molar-refractivity contribution in [2.45, 2.75) is 89.3 Å². The van der Waals surface area contributed by atoms with Crippen LogP contribution in [0.15, 0.2) is 17.2 Å². The van der Waals surface area contributed by atoms with E-state index in [4.69, 9.17) is 4.74 Å². The topological polar surface area (TPSA) is 92.7 Å². The summed E-state index contributed by atoms with van der Waals surface area (Å²) in [5, 5.41) is 5.98. The molecule has 8 nitrogen and oxygen atoms in total. The fourth-order valence-corrected chi connectivity index (χ4v) is 5.38. The molecule has 1 unspecified atom stereocenters. The number of ether oxygens (including phenoxy) is 1. The number of carbonyl (C=O) groups excluding carboxylic acids is 2. The molecule has 8 heteroatoms. The van der Waals surface area contributed by atoms with Crippen molar-refractivity contribution in [1.82, 2.24) is 20.1 Å². The van der Waals surface area contributed by atoms with Gasteiger partial charge < -0.3 is 24.8 Å². The standard InChI is InChI=1S/C26H40N4O4/c31-24-22(25(32)27-12-15-29-13-6-7-14-29)18-30(17-21-11-8-16-34-21)19-23(24)26(33)28-20-9-4-2-1-3-5-10-20/h18-21H,1-17H2,(H,27,32)(H,28,33). The van der Waals surface area contributed by atoms with Gasteiger partial charge in [0.15, 0.2) is 0 Å². The third-order valence-electron chi connectivity index (χ3n) is 7.36. The van der Waals surface area contributed by atoms with Crippen LogP contribution < -0.4 is 16.1 Å². The van der Waals surface area contributed by atoms with Gasteiger partial charge >= 0.3 is 0 Å². The molecule has 1 aromatic heterocycles. The van der Waals surface area contributed by atoms with Crippen molar-refractivity contribution in [3.63, 3.8) is 0 Å². The molecular formula is C26H40N4O4. The molecule has 1 aromatic rings. The largest absolute Gasteiger partial charge is 0.376 e. The van der Waals surface area contributed by atoms with Crippen molar-refractivity contribution in [1.29, 1.82) is 0 Å². The minimum atomic E-state index is -0.495. The van der Waals surface area contributed by atoms with E-state index in [0.29, 0.717) is 13.1 Å². The number of hydrogen-bond acceptors (Lipinski definition) is 5. The predicted molar refractivity (Wildman–Crippen MR) is 131 cm³/mol. The summed E-state index contributed by atoms with van der Waals surface area (Å²) in [5.41, 5.74) is -0.414. The van der Waals surface area contributed by atoms with Crippen molar-refractivity contribution < 1.29 is 14.3 Å². The Morgan fingerprint density at radius 2 is 1.56 bits per heavy atom. The van der Waals surface area contributed by atoms with E-state index in [9.17, 15) is 14.4 Å². The molecule has 0 radical (unpaired) electrons. The Labute approximate surface area is 202 Å². The lowest BCUT2D eigenvalue weighted by molar-refractivity contribution is 0.0914. The number of aromatic nitrogens is 1. The summed E-state index contributed by atoms with van der Waals surface area (Å²) in [4.78, 5) is 41.7. The molecule has 3 aliphatic rings. The molecule has 1 atom stereocenters. The van der Waals surface area contributed by atoms with Gasteiger partial charge in [-0.25, -0.2) is 0 Å². The van der Waals surface area contributed by atoms with Gasteiger partial charge in [-0.15, -0.1) is 0 Å². The van der Waals surface area contributed by atoms with Gasteiger partial charge in [-0.2, -0.15) is 0 Å². The van der Waals surface area contributed by atoms with E-state index in [1.54, 1.807) is 17.0 Å². The number of nitrogens with one attached hydrogen (secondary N) is 2. The van der Waals surface area contributed by atoms with Crippen LogP contribution in [0.25, 0.3) is 0 Å². The van der Waals surface area contributed by atoms with Crippen LogP contribution in [0, 0.1) is 0 Å². The van der Waals surface area contributed by atoms with Crippen LogP contribution in [-0.4, -0.2) is 66.2 Å². The number of likely N-dealkylation sites (tertiary alicyclic amines) is 1. The normalized spacial score (nSPS) is 22.3. The first kappa shape index (κ1) is 24.9. The summed E-state index contributed by atoms with van der Waals surface area (Å²) in [5.74, 6) is -0.783. The first-order chi connectivity index (χ1) is 16.6. The zero-order valence-electron chi connectivity index (χ0n) is 20.4. The number of nitrogens with zero attached hydrogens (tertiary/aromatic N) is 2. The van der Waals surface area contributed by atoms with Crippen molar-refractivity contribution in [3.8, 4) is 0 Å². The number of amides is 2. The van der Waals surface area contributed by atoms with Crippen molar-refractivity contribution in [2.75, 3.05) is 32.8 Å². The molecule has 0 aromatic carbocycles. The van der Waals surface area contributed by atoms with Gasteiger partial charge in [-0.1, -0.05) is 32.1 Å². The maximum absolute atomic E-state index is 13.2. The fourth-order valence-electron chi connectivity index (χ4n) is 5.38. The van der Waals surface area contributed by atoms with Crippen LogP contribution in [0.2, 0.25) is 0 Å². The summed E-state index contributed by atoms with van der Waals surface area (Å²) in [6, 6.07) is 0.0803. The van der Waals surface area contributed by atoms with Gasteiger partial charge in [0.1, 0.15) is 11.1 Å². The highest BCUT2D eigenvalue weighted by Crippen LogP contribution is 2.18. The number of carbonyl (C=O) groups is 2. The van der Waals surface area contributed by atoms with Gasteiger partial charge in [0.2, 0.25) is 5.43 Å². The van der Waals surface area contributed by atoms with E-state index in [2.05, 4.69) is 15.5 Å². The van der Waals surface area contributed by atoms with E-state index in [0.717, 1.165) is 64.8 Å². The van der Waals surface area contributed by atoms with E-state index in [1.807, 2.05) is 0 Å². The molecule has 0 bridgehead atoms. The average molecular weight is 473 g/mol. The lowest BCUT2D eigenvalue weighted by Gasteiger charge is -2.21. The van der Waals surface area contributed by atoms with Gasteiger partial charge in [0, 0.05) is 44.7 Å². The maximum Gasteiger partial charge on any atom is 0.256 e. The average Bonchev–Trinajstić information content (AvgIpc) is 3.51. The minimum absolute atomic E-state index is 0.0322. The Kier molecular flexibility index (Phi) is 9.16. The van der Waals surface area contributed by atoms with Crippen LogP contribution in [0.1, 0.15) is 91.3 Å². The third-order valence-corrected chi connectivity index (χ3v) is 7.36. The molecule has 4 rings (SSSR count). The smallest absolute Gasteiger partial charge is 0.256 e. The molecule has 3 fully saturated rings. The van der Waals surface area contributed by atoms with Crippen LogP contribution in [0.4, 0.5) is 0 Å². The van der Waals surface area contributed by atoms with Gasteiger partial charge in [-0.3, -0.25) is 14.4 Å². The molecule has 34 heavy (non-hydrogen) atoms. The molecule has 2 saturated heterocycles. The van der Waals surface area contributed by atoms with Crippen molar-refractivity contribution >= 4 is 11.8 Å². The van der Waals surface area contributed by atoms with Crippen molar-refractivity contribution in [3.05, 3.63) is 33.7 Å². The summed E-state index contributed by atoms with van der Waals surface area (Å²) >= 11 is 0. The van der Waals surface area contributed by atoms with Crippen LogP contribution in [-0.2, 0) is 11.3 Å². The van der Waals surface area contributed by atoms with Crippen LogP contribution >= 0.6 is 0 Å². The SMILES string of the molecule is O=C(NCCN1CCCC1)c1cn(CC2CCCO2)cc(C(=O)NC2CCCCCCC2)c1=O. The zero-order chi connectivity index (χ0) is 23.8. The first-order valence-electron chi connectivity index (χ1n) is 13.3. The van der Waals surface area contributed by atoms with E-state index in [1.165, 1.54) is 32.1 Å². The number of pyridine rings is 1. The summed E-state index contributed by atoms with van der Waals surface area (Å²) < 4.78 is 7.54. The van der Waals surface area contributed by atoms with Gasteiger partial charge in [-0.05, 0) is 51.6 Å². The van der Waals surface area contributed by atoms with Gasteiger partial charge in [0.25, 0.3) is 11.8 Å². The second-order valence-electron chi connectivity index (χ2n) is 10.1. The van der Waals surface area contributed by atoms with Crippen LogP contribution in [0.3, 0.4) is 0 Å². The third kappa shape index (κ3) is 6.92. The highest BCUT2D eigenvalue weighted by molar-refractivity contribution is 5.99. The molecule has 0 spiro atoms. The molecule has 2 amide bonds. The molecule has 3 heterocycles. The van der Waals surface area contributed by atoms with Crippen LogP contribution in [0.5, 0.6) is 0 Å². The quantitative estimate of drug-likeness (QED) is 0.607. The lowest BCUT2D eigenvalue weighted by Crippen LogP contribution is -2.41. The summed E-state index contributed by atoms with van der Waals surface area (Å²) in [6.45, 7) is 4.63. The summed E-state index contributed by atoms with van der Waals surface area (Å²) in [7, 11) is 0. The molecule has 2 aliphatic heterocycles. The second kappa shape index (κ2) is 12.5. The molecule has 1 aliphatic carbocycles. The Balaban J connectivity index is 1.49. The number of rotatable bonds is 8. The maximum atomic E-state index is 13.2. The minimum Gasteiger partial charge on any atom is -0.376 e. The second-order valence-corrected chi connectivity index (χ2v) is 10.1. The fraction of sp³-hybridized carbons (Fsp3) is 0.731. The highest BCUT2D eigenvalue weighted by Gasteiger charge is 2.24. The molecule has 2 N–H and O–H groups in total. The summed E-state index contributed by atoms with van der Waals surface area (Å²) in [6.07, 6.45) is 15.2. The Morgan fingerprint density at radius 3 is 2.24 bits per heavy atom. The zero-order valence-corrected chi connectivity index (χ0v) is 20.4. The monoisotopic (exact) mass is 472 g/mol.